The maximum Gasteiger partial charge on any atom is 0.220 e. The smallest absolute Gasteiger partial charge is 0.220 e. The quantitative estimate of drug-likeness (QED) is 0.305. The van der Waals surface area contributed by atoms with E-state index in [9.17, 15) is 9.59 Å². The number of hydrogen-bond donors (Lipinski definition) is 2. The van der Waals surface area contributed by atoms with Crippen molar-refractivity contribution in [1.29, 1.82) is 0 Å². The summed E-state index contributed by atoms with van der Waals surface area (Å²) in [5.74, 6) is 0.211. The van der Waals surface area contributed by atoms with Gasteiger partial charge in [-0.25, -0.2) is 0 Å². The summed E-state index contributed by atoms with van der Waals surface area (Å²) in [5, 5.41) is 2.97. The van der Waals surface area contributed by atoms with E-state index in [0.29, 0.717) is 25.8 Å². The van der Waals surface area contributed by atoms with Gasteiger partial charge in [-0.2, -0.15) is 0 Å². The van der Waals surface area contributed by atoms with E-state index >= 15 is 0 Å². The molecule has 0 aromatic heterocycles. The highest BCUT2D eigenvalue weighted by Gasteiger charge is 2.19. The van der Waals surface area contributed by atoms with Gasteiger partial charge in [0.25, 0.3) is 0 Å². The summed E-state index contributed by atoms with van der Waals surface area (Å²) in [5.41, 5.74) is 5.59. The van der Waals surface area contributed by atoms with Crippen molar-refractivity contribution in [1.82, 2.24) is 5.32 Å². The van der Waals surface area contributed by atoms with Crippen molar-refractivity contribution < 1.29 is 9.59 Å². The van der Waals surface area contributed by atoms with Crippen LogP contribution in [0.2, 0.25) is 0 Å². The zero-order valence-corrected chi connectivity index (χ0v) is 17.5. The van der Waals surface area contributed by atoms with Crippen molar-refractivity contribution in [2.75, 3.05) is 6.54 Å². The third kappa shape index (κ3) is 15.4. The molecule has 1 amide bonds. The fraction of sp³-hybridized carbons (Fsp3) is 0.909. The molecular weight excluding hydrogens is 324 g/mol. The van der Waals surface area contributed by atoms with E-state index in [-0.39, 0.29) is 17.7 Å². The number of unbranched alkanes of at least 4 members (excludes halogenated alkanes) is 10. The van der Waals surface area contributed by atoms with Gasteiger partial charge in [0.15, 0.2) is 5.78 Å². The van der Waals surface area contributed by atoms with Gasteiger partial charge in [-0.1, -0.05) is 78.1 Å². The Kier molecular flexibility index (Phi) is 18.2. The van der Waals surface area contributed by atoms with E-state index < -0.39 is 0 Å². The van der Waals surface area contributed by atoms with Crippen molar-refractivity contribution in [3.63, 3.8) is 0 Å². The Hall–Kier alpha value is -0.900. The van der Waals surface area contributed by atoms with E-state index in [1.54, 1.807) is 0 Å². The molecule has 0 aliphatic rings. The van der Waals surface area contributed by atoms with Crippen LogP contribution in [0.1, 0.15) is 117 Å². The van der Waals surface area contributed by atoms with Crippen molar-refractivity contribution in [2.24, 2.45) is 5.73 Å². The molecule has 0 spiro atoms. The molecule has 0 aliphatic carbocycles. The maximum atomic E-state index is 12.5. The molecule has 0 bridgehead atoms. The summed E-state index contributed by atoms with van der Waals surface area (Å²) in [4.78, 5) is 24.6. The van der Waals surface area contributed by atoms with Crippen LogP contribution in [0.3, 0.4) is 0 Å². The van der Waals surface area contributed by atoms with Gasteiger partial charge >= 0.3 is 0 Å². The van der Waals surface area contributed by atoms with Crippen LogP contribution < -0.4 is 11.1 Å². The van der Waals surface area contributed by atoms with E-state index in [1.807, 2.05) is 0 Å². The van der Waals surface area contributed by atoms with Crippen LogP contribution in [0.5, 0.6) is 0 Å². The molecule has 1 atom stereocenters. The number of nitrogens with two attached hydrogens (primary N) is 1. The van der Waals surface area contributed by atoms with Crippen LogP contribution >= 0.6 is 0 Å². The number of ketones is 1. The number of hydrogen-bond acceptors (Lipinski definition) is 3. The Balaban J connectivity index is 4.03. The minimum absolute atomic E-state index is 0.0245. The molecule has 0 rings (SSSR count). The number of nitrogens with one attached hydrogen (secondary N) is 1. The van der Waals surface area contributed by atoms with Gasteiger partial charge < -0.3 is 11.1 Å². The molecule has 0 saturated heterocycles. The zero-order valence-electron chi connectivity index (χ0n) is 17.5. The highest BCUT2D eigenvalue weighted by atomic mass is 16.2. The first-order chi connectivity index (χ1) is 12.7. The van der Waals surface area contributed by atoms with Gasteiger partial charge in [-0.15, -0.1) is 0 Å². The van der Waals surface area contributed by atoms with Gasteiger partial charge in [0, 0.05) is 12.8 Å². The minimum atomic E-state index is -0.332. The summed E-state index contributed by atoms with van der Waals surface area (Å²) in [6.45, 7) is 4.97. The van der Waals surface area contributed by atoms with Crippen molar-refractivity contribution in [2.45, 2.75) is 123 Å². The van der Waals surface area contributed by atoms with Crippen LogP contribution in [0.25, 0.3) is 0 Å². The molecule has 4 nitrogen and oxygen atoms in total. The summed E-state index contributed by atoms with van der Waals surface area (Å²) in [7, 11) is 0. The first kappa shape index (κ1) is 25.1. The van der Waals surface area contributed by atoms with Crippen molar-refractivity contribution in [3.05, 3.63) is 0 Å². The molecule has 26 heavy (non-hydrogen) atoms. The highest BCUT2D eigenvalue weighted by molar-refractivity contribution is 5.88. The van der Waals surface area contributed by atoms with E-state index in [0.717, 1.165) is 32.1 Å². The van der Waals surface area contributed by atoms with Crippen molar-refractivity contribution in [3.8, 4) is 0 Å². The maximum absolute atomic E-state index is 12.5. The third-order valence-electron chi connectivity index (χ3n) is 4.95. The molecule has 154 valence electrons. The topological polar surface area (TPSA) is 72.2 Å². The number of amides is 1. The molecule has 0 heterocycles. The van der Waals surface area contributed by atoms with E-state index in [4.69, 9.17) is 5.73 Å². The predicted octanol–water partition coefficient (Wildman–Crippen LogP) is 5.28. The lowest BCUT2D eigenvalue weighted by Crippen LogP contribution is -2.41. The van der Waals surface area contributed by atoms with Crippen LogP contribution in [-0.4, -0.2) is 24.3 Å². The first-order valence-electron chi connectivity index (χ1n) is 11.2. The fourth-order valence-corrected chi connectivity index (χ4v) is 3.22. The molecule has 1 unspecified atom stereocenters. The normalized spacial score (nSPS) is 12.1. The molecule has 0 radical (unpaired) electrons. The summed E-state index contributed by atoms with van der Waals surface area (Å²) in [6.07, 6.45) is 16.6. The third-order valence-corrected chi connectivity index (χ3v) is 4.95. The average Bonchev–Trinajstić information content (AvgIpc) is 2.64. The average molecular weight is 369 g/mol. The van der Waals surface area contributed by atoms with Crippen molar-refractivity contribution >= 4 is 11.7 Å². The van der Waals surface area contributed by atoms with Gasteiger partial charge in [0.2, 0.25) is 5.91 Å². The molecule has 0 aromatic rings. The predicted molar refractivity (Wildman–Crippen MR) is 111 cm³/mol. The van der Waals surface area contributed by atoms with Gasteiger partial charge in [-0.05, 0) is 32.2 Å². The van der Waals surface area contributed by atoms with Gasteiger partial charge in [0.05, 0.1) is 6.04 Å². The summed E-state index contributed by atoms with van der Waals surface area (Å²) < 4.78 is 0. The lowest BCUT2D eigenvalue weighted by atomic mass is 10.00. The van der Waals surface area contributed by atoms with Crippen LogP contribution in [-0.2, 0) is 9.59 Å². The summed E-state index contributed by atoms with van der Waals surface area (Å²) >= 11 is 0. The number of rotatable bonds is 19. The van der Waals surface area contributed by atoms with Crippen LogP contribution in [0.4, 0.5) is 0 Å². The Bertz CT molecular complexity index is 345. The van der Waals surface area contributed by atoms with Crippen LogP contribution in [0, 0.1) is 0 Å². The van der Waals surface area contributed by atoms with Gasteiger partial charge in [0.1, 0.15) is 0 Å². The van der Waals surface area contributed by atoms with E-state index in [2.05, 4.69) is 19.2 Å². The molecule has 0 aliphatic heterocycles. The Morgan fingerprint density at radius 1 is 0.731 bits per heavy atom. The number of carbonyl (C=O) groups is 2. The summed E-state index contributed by atoms with van der Waals surface area (Å²) in [6, 6.07) is -0.332. The molecule has 0 fully saturated rings. The second kappa shape index (κ2) is 18.9. The molecule has 4 heteroatoms. The molecular formula is C22H44N2O2. The fourth-order valence-electron chi connectivity index (χ4n) is 3.22. The SMILES string of the molecule is CCCCCCCCCC(=O)C(CCCN)NC(=O)CCCCCCC. The van der Waals surface area contributed by atoms with Crippen LogP contribution in [0.15, 0.2) is 0 Å². The minimum Gasteiger partial charge on any atom is -0.346 e. The second-order valence-electron chi connectivity index (χ2n) is 7.55. The monoisotopic (exact) mass is 368 g/mol. The lowest BCUT2D eigenvalue weighted by molar-refractivity contribution is -0.128. The molecule has 0 aromatic carbocycles. The lowest BCUT2D eigenvalue weighted by Gasteiger charge is -2.17. The molecule has 3 N–H and O–H groups in total. The van der Waals surface area contributed by atoms with Gasteiger partial charge in [-0.3, -0.25) is 9.59 Å². The Morgan fingerprint density at radius 2 is 1.23 bits per heavy atom. The standard InChI is InChI=1S/C22H44N2O2/c1-3-5-7-9-10-12-13-17-21(25)20(16-15-19-23)24-22(26)18-14-11-8-6-4-2/h20H,3-19,23H2,1-2H3,(H,24,26). The molecule has 0 saturated carbocycles. The zero-order chi connectivity index (χ0) is 19.5. The Labute approximate surface area is 162 Å². The van der Waals surface area contributed by atoms with E-state index in [1.165, 1.54) is 51.4 Å². The number of carbonyl (C=O) groups excluding carboxylic acids is 2. The largest absolute Gasteiger partial charge is 0.346 e. The first-order valence-corrected chi connectivity index (χ1v) is 11.2. The highest BCUT2D eigenvalue weighted by Crippen LogP contribution is 2.11. The second-order valence-corrected chi connectivity index (χ2v) is 7.55. The Morgan fingerprint density at radius 3 is 1.77 bits per heavy atom. The number of Topliss-reactive ketones (excluding diaryl/α,β-unsaturated/α-hetero) is 1.